The van der Waals surface area contributed by atoms with Crippen molar-refractivity contribution >= 4 is 51.2 Å². The maximum Gasteiger partial charge on any atom is 0.309 e. The topological polar surface area (TPSA) is 101 Å². The first-order chi connectivity index (χ1) is 30.1. The van der Waals surface area contributed by atoms with Gasteiger partial charge in [-0.05, 0) is 76.2 Å². The number of imidazole rings is 2. The molecule has 8 aromatic rings. The summed E-state index contributed by atoms with van der Waals surface area (Å²) in [5.41, 5.74) is 10.3. The van der Waals surface area contributed by atoms with E-state index in [1.165, 1.54) is 12.7 Å². The highest BCUT2D eigenvalue weighted by molar-refractivity contribution is 6.31. The lowest BCUT2D eigenvalue weighted by molar-refractivity contribution is -0.139. The highest BCUT2D eigenvalue weighted by Crippen LogP contribution is 2.33. The molecule has 8 rings (SSSR count). The molecule has 0 saturated carbocycles. The molecule has 0 spiro atoms. The molecule has 9 nitrogen and oxygen atoms in total. The molecule has 0 amide bonds. The second kappa shape index (κ2) is 21.3. The number of fused-ring (bicyclic) bond motifs is 2. The minimum Gasteiger partial charge on any atom is -0.497 e. The smallest absolute Gasteiger partial charge is 0.309 e. The Hall–Kier alpha value is -6.13. The Morgan fingerprint density at radius 3 is 1.44 bits per heavy atom. The number of benzene rings is 6. The van der Waals surface area contributed by atoms with Crippen LogP contribution in [0, 0.1) is 0 Å². The van der Waals surface area contributed by atoms with Gasteiger partial charge in [-0.3, -0.25) is 4.79 Å². The molecule has 2 atom stereocenters. The highest BCUT2D eigenvalue weighted by Gasteiger charge is 2.22. The molecule has 2 heterocycles. The summed E-state index contributed by atoms with van der Waals surface area (Å²) in [6.07, 6.45) is 0.926. The molecule has 0 aliphatic heterocycles. The highest BCUT2D eigenvalue weighted by atomic mass is 35.5. The number of aliphatic hydroxyl groups excluding tert-OH is 1. The minimum atomic E-state index is -0.249. The summed E-state index contributed by atoms with van der Waals surface area (Å²) >= 11 is 12.9. The largest absolute Gasteiger partial charge is 0.497 e. The summed E-state index contributed by atoms with van der Waals surface area (Å²) in [7, 11) is 4.72. The lowest BCUT2D eigenvalue weighted by Crippen LogP contribution is -2.10. The number of hydrogen-bond donors (Lipinski definition) is 1. The van der Waals surface area contributed by atoms with Gasteiger partial charge in [0.05, 0.1) is 62.9 Å². The first-order valence-corrected chi connectivity index (χ1v) is 21.3. The molecule has 0 fully saturated rings. The van der Waals surface area contributed by atoms with E-state index in [9.17, 15) is 4.79 Å². The third kappa shape index (κ3) is 10.7. The number of rotatable bonds is 14. The number of ether oxygens (including phenoxy) is 3. The number of methoxy groups -OCH3 is 3. The zero-order chi connectivity index (χ0) is 43.8. The van der Waals surface area contributed by atoms with E-state index in [1.54, 1.807) is 14.2 Å². The van der Waals surface area contributed by atoms with Gasteiger partial charge in [0.15, 0.2) is 0 Å². The van der Waals surface area contributed by atoms with Crippen molar-refractivity contribution in [3.8, 4) is 11.5 Å². The van der Waals surface area contributed by atoms with E-state index in [1.807, 2.05) is 97.1 Å². The summed E-state index contributed by atoms with van der Waals surface area (Å²) in [5.74, 6) is 3.35. The van der Waals surface area contributed by atoms with Gasteiger partial charge in [-0.2, -0.15) is 0 Å². The van der Waals surface area contributed by atoms with Crippen molar-refractivity contribution < 1.29 is 24.1 Å². The van der Waals surface area contributed by atoms with Crippen molar-refractivity contribution in [1.82, 2.24) is 19.1 Å². The average Bonchev–Trinajstić information content (AvgIpc) is 3.85. The maximum atomic E-state index is 11.6. The number of aliphatic hydroxyl groups is 1. The van der Waals surface area contributed by atoms with Crippen LogP contribution in [0.3, 0.4) is 0 Å². The summed E-state index contributed by atoms with van der Waals surface area (Å²) in [5, 5.41) is 10.6. The molecule has 326 valence electrons. The molecule has 0 bridgehead atoms. The molecule has 1 N–H and O–H groups in total. The van der Waals surface area contributed by atoms with Crippen molar-refractivity contribution in [2.45, 2.75) is 59.0 Å². The molecular weight excluding hydrogens is 832 g/mol. The van der Waals surface area contributed by atoms with Crippen molar-refractivity contribution in [2.75, 3.05) is 27.9 Å². The van der Waals surface area contributed by atoms with Crippen molar-refractivity contribution in [3.05, 3.63) is 189 Å². The average molecular weight is 886 g/mol. The van der Waals surface area contributed by atoms with Crippen LogP contribution in [0.2, 0.25) is 10.0 Å². The van der Waals surface area contributed by atoms with Crippen LogP contribution in [0.5, 0.6) is 11.5 Å². The lowest BCUT2D eigenvalue weighted by Gasteiger charge is -2.16. The third-order valence-corrected chi connectivity index (χ3v) is 12.0. The Balaban J connectivity index is 0.000000207. The van der Waals surface area contributed by atoms with E-state index in [0.717, 1.165) is 83.1 Å². The quantitative estimate of drug-likeness (QED) is 0.109. The summed E-state index contributed by atoms with van der Waals surface area (Å²) in [6, 6.07) is 44.1. The van der Waals surface area contributed by atoms with Crippen LogP contribution in [-0.4, -0.2) is 58.1 Å². The number of nitrogens with zero attached hydrogens (tertiary/aromatic N) is 4. The normalized spacial score (nSPS) is 11.9. The Kier molecular flexibility index (Phi) is 15.7. The fraction of sp³-hybridized carbons (Fsp3) is 0.250. The molecule has 0 radical (unpaired) electrons. The van der Waals surface area contributed by atoms with Gasteiger partial charge in [-0.25, -0.2) is 9.97 Å². The van der Waals surface area contributed by atoms with Gasteiger partial charge in [0, 0.05) is 40.6 Å². The van der Waals surface area contributed by atoms with E-state index in [0.29, 0.717) is 19.5 Å². The van der Waals surface area contributed by atoms with Gasteiger partial charge in [-0.1, -0.05) is 129 Å². The minimum absolute atomic E-state index is 0. The fourth-order valence-corrected chi connectivity index (χ4v) is 8.05. The molecule has 11 heteroatoms. The van der Waals surface area contributed by atoms with Crippen LogP contribution in [-0.2, 0) is 35.5 Å². The van der Waals surface area contributed by atoms with Gasteiger partial charge in [-0.15, -0.1) is 0 Å². The van der Waals surface area contributed by atoms with E-state index >= 15 is 0 Å². The molecular formula is C52H54Cl2N4O5. The van der Waals surface area contributed by atoms with Gasteiger partial charge >= 0.3 is 5.97 Å². The number of aromatic nitrogens is 4. The monoisotopic (exact) mass is 884 g/mol. The maximum absolute atomic E-state index is 11.6. The van der Waals surface area contributed by atoms with E-state index < -0.39 is 0 Å². The number of carbonyl (C=O) groups excluding carboxylic acids is 1. The fourth-order valence-electron chi connectivity index (χ4n) is 7.66. The second-order valence-electron chi connectivity index (χ2n) is 15.2. The zero-order valence-electron chi connectivity index (χ0n) is 35.5. The molecule has 63 heavy (non-hydrogen) atoms. The van der Waals surface area contributed by atoms with Gasteiger partial charge in [0.1, 0.15) is 23.1 Å². The summed E-state index contributed by atoms with van der Waals surface area (Å²) in [4.78, 5) is 21.5. The Morgan fingerprint density at radius 2 is 1.05 bits per heavy atom. The van der Waals surface area contributed by atoms with E-state index in [-0.39, 0.29) is 38.3 Å². The first-order valence-electron chi connectivity index (χ1n) is 20.5. The molecule has 6 aromatic carbocycles. The van der Waals surface area contributed by atoms with E-state index in [2.05, 4.69) is 59.4 Å². The SMILES string of the molecule is C.COC(=O)Cc1ccc(C(C)c2nc3cc(OC)ccc3n2Cc2ccccc2Cl)cc1.COc1ccc2c(c1)nc(C(C)c1ccc(CCO)cc1)n2Cc1ccccc1Cl. The van der Waals surface area contributed by atoms with Crippen molar-refractivity contribution in [3.63, 3.8) is 0 Å². The first kappa shape index (κ1) is 46.4. The predicted molar refractivity (Wildman–Crippen MR) is 255 cm³/mol. The van der Waals surface area contributed by atoms with Crippen LogP contribution in [0.15, 0.2) is 133 Å². The van der Waals surface area contributed by atoms with Gasteiger partial charge < -0.3 is 28.5 Å². The standard InChI is InChI=1S/C26H25ClN2O3.C25H25ClN2O2.CH4/c1-17(19-10-8-18(9-11-19)14-25(30)32-3)26-28-23-15-21(31-2)12-13-24(23)29(26)16-20-6-4-5-7-22(20)27;1-17(19-9-7-18(8-10-19)13-14-29)25-27-23-15-21(30-2)11-12-24(23)28(25)16-20-5-3-4-6-22(20)26;/h4-13,15,17H,14,16H2,1-3H3;3-12,15,17,29H,13-14,16H2,1-2H3;1H4. The second-order valence-corrected chi connectivity index (χ2v) is 16.0. The van der Waals surface area contributed by atoms with Crippen LogP contribution in [0.1, 0.15) is 78.1 Å². The number of carbonyl (C=O) groups is 1. The van der Waals surface area contributed by atoms with E-state index in [4.69, 9.17) is 52.5 Å². The molecule has 2 aromatic heterocycles. The number of esters is 1. The van der Waals surface area contributed by atoms with Crippen molar-refractivity contribution in [1.29, 1.82) is 0 Å². The summed E-state index contributed by atoms with van der Waals surface area (Å²) < 4.78 is 20.0. The third-order valence-electron chi connectivity index (χ3n) is 11.3. The molecule has 0 saturated heterocycles. The number of hydrogen-bond acceptors (Lipinski definition) is 7. The summed E-state index contributed by atoms with van der Waals surface area (Å²) in [6.45, 7) is 5.72. The van der Waals surface area contributed by atoms with Crippen LogP contribution >= 0.6 is 23.2 Å². The lowest BCUT2D eigenvalue weighted by atomic mass is 9.98. The molecule has 0 aliphatic rings. The van der Waals surface area contributed by atoms with Gasteiger partial charge in [0.25, 0.3) is 0 Å². The molecule has 0 aliphatic carbocycles. The number of halogens is 2. The van der Waals surface area contributed by atoms with Crippen molar-refractivity contribution in [2.24, 2.45) is 0 Å². The van der Waals surface area contributed by atoms with Crippen LogP contribution in [0.25, 0.3) is 22.1 Å². The Morgan fingerprint density at radius 1 is 0.619 bits per heavy atom. The zero-order valence-corrected chi connectivity index (χ0v) is 37.0. The van der Waals surface area contributed by atoms with Gasteiger partial charge in [0.2, 0.25) is 0 Å². The predicted octanol–water partition coefficient (Wildman–Crippen LogP) is 11.7. The Bertz CT molecular complexity index is 2780. The Labute approximate surface area is 379 Å². The molecule has 2 unspecified atom stereocenters. The van der Waals surface area contributed by atoms with Crippen LogP contribution < -0.4 is 9.47 Å². The van der Waals surface area contributed by atoms with Crippen LogP contribution in [0.4, 0.5) is 0 Å².